The number of hydrogen-bond donors (Lipinski definition) is 1. The van der Waals surface area contributed by atoms with Crippen LogP contribution in [-0.2, 0) is 6.42 Å². The molecule has 0 spiro atoms. The van der Waals surface area contributed by atoms with E-state index in [0.29, 0.717) is 17.4 Å². The van der Waals surface area contributed by atoms with Crippen LogP contribution in [0.2, 0.25) is 0 Å². The fraction of sp³-hybridized carbons (Fsp3) is 0.385. The first-order valence-corrected chi connectivity index (χ1v) is 7.39. The van der Waals surface area contributed by atoms with Gasteiger partial charge in [-0.1, -0.05) is 13.3 Å². The van der Waals surface area contributed by atoms with Crippen molar-refractivity contribution in [2.45, 2.75) is 19.8 Å². The number of ether oxygens (including phenoxy) is 1. The predicted molar refractivity (Wildman–Crippen MR) is 85.9 cm³/mol. The van der Waals surface area contributed by atoms with Crippen molar-refractivity contribution in [3.8, 4) is 17.4 Å². The summed E-state index contributed by atoms with van der Waals surface area (Å²) in [5.41, 5.74) is 1.66. The smallest absolute Gasteiger partial charge is 0.233 e. The fourth-order valence-electron chi connectivity index (χ4n) is 1.72. The maximum Gasteiger partial charge on any atom is 0.233 e. The van der Waals surface area contributed by atoms with Crippen molar-refractivity contribution in [3.63, 3.8) is 0 Å². The van der Waals surface area contributed by atoms with Crippen molar-refractivity contribution in [3.05, 3.63) is 21.4 Å². The van der Waals surface area contributed by atoms with E-state index in [4.69, 9.17) is 4.74 Å². The summed E-state index contributed by atoms with van der Waals surface area (Å²) in [6, 6.07) is 3.56. The van der Waals surface area contributed by atoms with Crippen LogP contribution in [0.3, 0.4) is 0 Å². The second-order valence-electron chi connectivity index (χ2n) is 4.12. The molecule has 106 valence electrons. The molecule has 0 bridgehead atoms. The van der Waals surface area contributed by atoms with E-state index >= 15 is 0 Å². The molecule has 0 fully saturated rings. The van der Waals surface area contributed by atoms with E-state index in [2.05, 4.69) is 55.0 Å². The SMILES string of the molecule is CCCc1nc(-c2ccc(OC)nn2)nc(NC)c1I. The third kappa shape index (κ3) is 3.14. The topological polar surface area (TPSA) is 72.8 Å². The largest absolute Gasteiger partial charge is 0.480 e. The van der Waals surface area contributed by atoms with Gasteiger partial charge < -0.3 is 10.1 Å². The molecule has 2 heterocycles. The Morgan fingerprint density at radius 1 is 1.25 bits per heavy atom. The van der Waals surface area contributed by atoms with Crippen molar-refractivity contribution in [2.24, 2.45) is 0 Å². The number of nitrogens with zero attached hydrogens (tertiary/aromatic N) is 4. The highest BCUT2D eigenvalue weighted by atomic mass is 127. The van der Waals surface area contributed by atoms with Gasteiger partial charge in [-0.15, -0.1) is 10.2 Å². The van der Waals surface area contributed by atoms with Crippen LogP contribution in [0.1, 0.15) is 19.0 Å². The predicted octanol–water partition coefficient (Wildman–Crippen LogP) is 2.54. The molecule has 0 atom stereocenters. The quantitative estimate of drug-likeness (QED) is 0.798. The van der Waals surface area contributed by atoms with E-state index < -0.39 is 0 Å². The lowest BCUT2D eigenvalue weighted by Gasteiger charge is -2.10. The summed E-state index contributed by atoms with van der Waals surface area (Å²) in [5, 5.41) is 11.1. The second kappa shape index (κ2) is 6.78. The monoisotopic (exact) mass is 385 g/mol. The summed E-state index contributed by atoms with van der Waals surface area (Å²) in [4.78, 5) is 9.08. The Hall–Kier alpha value is -1.51. The van der Waals surface area contributed by atoms with Gasteiger partial charge in [-0.05, 0) is 35.1 Å². The zero-order valence-electron chi connectivity index (χ0n) is 11.6. The molecule has 0 aliphatic carbocycles. The van der Waals surface area contributed by atoms with Crippen molar-refractivity contribution in [2.75, 3.05) is 19.5 Å². The number of halogens is 1. The minimum atomic E-state index is 0.474. The molecule has 7 heteroatoms. The number of nitrogens with one attached hydrogen (secondary N) is 1. The van der Waals surface area contributed by atoms with Crippen LogP contribution in [0.5, 0.6) is 5.88 Å². The summed E-state index contributed by atoms with van der Waals surface area (Å²) in [7, 11) is 3.41. The van der Waals surface area contributed by atoms with E-state index in [1.54, 1.807) is 13.2 Å². The zero-order valence-corrected chi connectivity index (χ0v) is 13.8. The lowest BCUT2D eigenvalue weighted by molar-refractivity contribution is 0.392. The Balaban J connectivity index is 2.46. The maximum absolute atomic E-state index is 5.00. The first kappa shape index (κ1) is 14.9. The molecule has 0 aliphatic rings. The van der Waals surface area contributed by atoms with Crippen molar-refractivity contribution >= 4 is 28.4 Å². The first-order chi connectivity index (χ1) is 9.69. The molecular formula is C13H16IN5O. The van der Waals surface area contributed by atoms with Gasteiger partial charge in [0.05, 0.1) is 16.4 Å². The van der Waals surface area contributed by atoms with E-state index in [1.807, 2.05) is 13.1 Å². The van der Waals surface area contributed by atoms with Gasteiger partial charge >= 0.3 is 0 Å². The molecule has 0 radical (unpaired) electrons. The molecule has 0 aromatic carbocycles. The second-order valence-corrected chi connectivity index (χ2v) is 5.20. The molecule has 1 N–H and O–H groups in total. The van der Waals surface area contributed by atoms with Gasteiger partial charge in [-0.25, -0.2) is 9.97 Å². The molecule has 0 unspecified atom stereocenters. The van der Waals surface area contributed by atoms with Gasteiger partial charge in [-0.2, -0.15) is 0 Å². The summed E-state index contributed by atoms with van der Waals surface area (Å²) in [6.07, 6.45) is 1.94. The highest BCUT2D eigenvalue weighted by Gasteiger charge is 2.13. The minimum absolute atomic E-state index is 0.474. The number of aryl methyl sites for hydroxylation is 1. The van der Waals surface area contributed by atoms with Crippen molar-refractivity contribution in [1.29, 1.82) is 0 Å². The van der Waals surface area contributed by atoms with Gasteiger partial charge in [0.15, 0.2) is 5.82 Å². The minimum Gasteiger partial charge on any atom is -0.480 e. The number of anilines is 1. The summed E-state index contributed by atoms with van der Waals surface area (Å²) in [5.74, 6) is 1.87. The highest BCUT2D eigenvalue weighted by Crippen LogP contribution is 2.24. The maximum atomic E-state index is 5.00. The third-order valence-electron chi connectivity index (χ3n) is 2.72. The molecule has 20 heavy (non-hydrogen) atoms. The number of aromatic nitrogens is 4. The number of hydrogen-bond acceptors (Lipinski definition) is 6. The average molecular weight is 385 g/mol. The number of methoxy groups -OCH3 is 1. The van der Waals surface area contributed by atoms with Crippen LogP contribution in [0, 0.1) is 3.57 Å². The van der Waals surface area contributed by atoms with Crippen LogP contribution >= 0.6 is 22.6 Å². The van der Waals surface area contributed by atoms with Gasteiger partial charge in [-0.3, -0.25) is 0 Å². The van der Waals surface area contributed by atoms with E-state index in [1.165, 1.54) is 0 Å². The van der Waals surface area contributed by atoms with Gasteiger partial charge in [0.25, 0.3) is 0 Å². The highest BCUT2D eigenvalue weighted by molar-refractivity contribution is 14.1. The van der Waals surface area contributed by atoms with Crippen molar-refractivity contribution in [1.82, 2.24) is 20.2 Å². The zero-order chi connectivity index (χ0) is 14.5. The molecular weight excluding hydrogens is 369 g/mol. The third-order valence-corrected chi connectivity index (χ3v) is 3.86. The van der Waals surface area contributed by atoms with Gasteiger partial charge in [0.1, 0.15) is 11.5 Å². The van der Waals surface area contributed by atoms with Crippen LogP contribution < -0.4 is 10.1 Å². The normalized spacial score (nSPS) is 10.4. The van der Waals surface area contributed by atoms with Crippen LogP contribution in [-0.4, -0.2) is 34.3 Å². The molecule has 0 amide bonds. The Labute approximate surface area is 131 Å². The average Bonchev–Trinajstić information content (AvgIpc) is 2.49. The molecule has 0 aliphatic heterocycles. The molecule has 6 nitrogen and oxygen atoms in total. The molecule has 2 aromatic rings. The van der Waals surface area contributed by atoms with Gasteiger partial charge in [0, 0.05) is 13.1 Å². The molecule has 2 aromatic heterocycles. The van der Waals surface area contributed by atoms with E-state index in [9.17, 15) is 0 Å². The van der Waals surface area contributed by atoms with E-state index in [0.717, 1.165) is 27.9 Å². The Morgan fingerprint density at radius 3 is 2.60 bits per heavy atom. The van der Waals surface area contributed by atoms with Crippen LogP contribution in [0.15, 0.2) is 12.1 Å². The summed E-state index contributed by atoms with van der Waals surface area (Å²) >= 11 is 2.27. The number of rotatable bonds is 5. The van der Waals surface area contributed by atoms with Crippen molar-refractivity contribution < 1.29 is 4.74 Å². The molecule has 0 saturated carbocycles. The Morgan fingerprint density at radius 2 is 2.05 bits per heavy atom. The summed E-state index contributed by atoms with van der Waals surface area (Å²) in [6.45, 7) is 2.13. The lowest BCUT2D eigenvalue weighted by atomic mass is 10.2. The molecule has 2 rings (SSSR count). The standard InChI is InChI=1S/C13H16IN5O/c1-4-5-8-11(14)13(15-2)17-12(16-8)9-6-7-10(20-3)19-18-9/h6-7H,4-5H2,1-3H3,(H,15,16,17). The first-order valence-electron chi connectivity index (χ1n) is 6.31. The van der Waals surface area contributed by atoms with Crippen LogP contribution in [0.4, 0.5) is 5.82 Å². The van der Waals surface area contributed by atoms with Gasteiger partial charge in [0.2, 0.25) is 5.88 Å². The lowest BCUT2D eigenvalue weighted by Crippen LogP contribution is -2.06. The van der Waals surface area contributed by atoms with E-state index in [-0.39, 0.29) is 0 Å². The Kier molecular flexibility index (Phi) is 5.05. The molecule has 0 saturated heterocycles. The van der Waals surface area contributed by atoms with Crippen LogP contribution in [0.25, 0.3) is 11.5 Å². The summed E-state index contributed by atoms with van der Waals surface area (Å²) < 4.78 is 6.06. The Bertz CT molecular complexity index is 588. The fourth-order valence-corrected chi connectivity index (χ4v) is 2.50.